The van der Waals surface area contributed by atoms with Gasteiger partial charge in [-0.25, -0.2) is 0 Å². The minimum atomic E-state index is -0.653. The number of hydrogen-bond donors (Lipinski definition) is 1. The Morgan fingerprint density at radius 2 is 1.54 bits per heavy atom. The Morgan fingerprint density at radius 1 is 1.04 bits per heavy atom. The number of ether oxygens (including phenoxy) is 3. The minimum absolute atomic E-state index is 0.147. The molecule has 0 aliphatic carbocycles. The van der Waals surface area contributed by atoms with E-state index in [0.29, 0.717) is 6.61 Å². The number of halogens is 1. The van der Waals surface area contributed by atoms with Crippen molar-refractivity contribution >= 4 is 11.6 Å². The number of aliphatic hydroxyl groups is 1. The van der Waals surface area contributed by atoms with Gasteiger partial charge >= 0.3 is 0 Å². The van der Waals surface area contributed by atoms with Crippen LogP contribution in [0.25, 0.3) is 0 Å². The summed E-state index contributed by atoms with van der Waals surface area (Å²) in [5.41, 5.74) is 2.24. The van der Waals surface area contributed by atoms with E-state index >= 15 is 0 Å². The maximum Gasteiger partial charge on any atom is 0.119 e. The van der Waals surface area contributed by atoms with Gasteiger partial charge in [0.2, 0.25) is 0 Å². The lowest BCUT2D eigenvalue weighted by molar-refractivity contribution is 0.125. The fraction of sp³-hybridized carbons (Fsp3) is 0.429. The molecular weight excluding hydrogens is 352 g/mol. The van der Waals surface area contributed by atoms with Crippen molar-refractivity contribution in [1.82, 2.24) is 0 Å². The summed E-state index contributed by atoms with van der Waals surface area (Å²) < 4.78 is 16.4. The first kappa shape index (κ1) is 19.0. The maximum atomic E-state index is 9.47. The van der Waals surface area contributed by atoms with Crippen molar-refractivity contribution in [2.75, 3.05) is 25.7 Å². The Kier molecular flexibility index (Phi) is 6.07. The van der Waals surface area contributed by atoms with Crippen LogP contribution in [0.3, 0.4) is 0 Å². The van der Waals surface area contributed by atoms with E-state index in [2.05, 4.69) is 38.1 Å². The molecule has 4 nitrogen and oxygen atoms in total. The van der Waals surface area contributed by atoms with Crippen LogP contribution in [0.1, 0.15) is 25.0 Å². The van der Waals surface area contributed by atoms with E-state index in [-0.39, 0.29) is 24.0 Å². The van der Waals surface area contributed by atoms with Crippen LogP contribution in [0.4, 0.5) is 0 Å². The monoisotopic (exact) mass is 376 g/mol. The van der Waals surface area contributed by atoms with Crippen LogP contribution in [-0.2, 0) is 10.2 Å². The molecule has 0 amide bonds. The van der Waals surface area contributed by atoms with E-state index < -0.39 is 6.10 Å². The van der Waals surface area contributed by atoms with Crippen molar-refractivity contribution in [3.63, 3.8) is 0 Å². The van der Waals surface area contributed by atoms with Gasteiger partial charge in [0.25, 0.3) is 0 Å². The molecule has 2 atom stereocenters. The number of aliphatic hydroxyl groups excluding tert-OH is 1. The van der Waals surface area contributed by atoms with Gasteiger partial charge in [-0.3, -0.25) is 0 Å². The second-order valence-corrected chi connectivity index (χ2v) is 7.37. The van der Waals surface area contributed by atoms with E-state index in [0.717, 1.165) is 18.1 Å². The van der Waals surface area contributed by atoms with E-state index in [1.54, 1.807) is 0 Å². The Balaban J connectivity index is 1.64. The SMILES string of the molecule is CC(C)(c1ccc(OC[C@@H](O)CCl)cc1)c1ccc(OC[C@@H]2CO2)cc1. The number of rotatable bonds is 9. The largest absolute Gasteiger partial charge is 0.491 e. The highest BCUT2D eigenvalue weighted by Gasteiger charge is 2.24. The summed E-state index contributed by atoms with van der Waals surface area (Å²) in [5.74, 6) is 1.75. The predicted molar refractivity (Wildman–Crippen MR) is 102 cm³/mol. The van der Waals surface area contributed by atoms with Gasteiger partial charge in [-0.1, -0.05) is 38.1 Å². The molecule has 1 heterocycles. The molecule has 0 aromatic heterocycles. The van der Waals surface area contributed by atoms with E-state index in [1.165, 1.54) is 11.1 Å². The summed E-state index contributed by atoms with van der Waals surface area (Å²) >= 11 is 5.58. The Labute approximate surface area is 159 Å². The van der Waals surface area contributed by atoms with Gasteiger partial charge < -0.3 is 19.3 Å². The zero-order valence-electron chi connectivity index (χ0n) is 15.2. The minimum Gasteiger partial charge on any atom is -0.491 e. The highest BCUT2D eigenvalue weighted by Crippen LogP contribution is 2.33. The lowest BCUT2D eigenvalue weighted by atomic mass is 9.78. The Hall–Kier alpha value is -1.75. The van der Waals surface area contributed by atoms with Gasteiger partial charge in [0.15, 0.2) is 0 Å². The number of hydrogen-bond acceptors (Lipinski definition) is 4. The van der Waals surface area contributed by atoms with Crippen LogP contribution >= 0.6 is 11.6 Å². The lowest BCUT2D eigenvalue weighted by Gasteiger charge is -2.26. The van der Waals surface area contributed by atoms with E-state index in [9.17, 15) is 5.11 Å². The number of alkyl halides is 1. The number of epoxide rings is 1. The molecule has 0 spiro atoms. The molecule has 0 radical (unpaired) electrons. The maximum absolute atomic E-state index is 9.47. The van der Waals surface area contributed by atoms with E-state index in [1.807, 2.05) is 24.3 Å². The van der Waals surface area contributed by atoms with Crippen LogP contribution in [0.5, 0.6) is 11.5 Å². The third-order valence-corrected chi connectivity index (χ3v) is 4.97. The van der Waals surface area contributed by atoms with E-state index in [4.69, 9.17) is 25.8 Å². The van der Waals surface area contributed by atoms with Crippen LogP contribution in [0, 0.1) is 0 Å². The standard InChI is InChI=1S/C21H25ClO4/c1-21(2,15-3-7-18(8-4-15)24-12-17(23)11-22)16-5-9-19(10-6-16)25-13-20-14-26-20/h3-10,17,20,23H,11-14H2,1-2H3/t17-,20+/m0/s1. The summed E-state index contributed by atoms with van der Waals surface area (Å²) in [6, 6.07) is 16.2. The molecule has 3 rings (SSSR count). The van der Waals surface area contributed by atoms with Crippen LogP contribution < -0.4 is 9.47 Å². The van der Waals surface area contributed by atoms with Gasteiger partial charge in [-0.2, -0.15) is 0 Å². The third-order valence-electron chi connectivity index (χ3n) is 4.61. The first-order valence-electron chi connectivity index (χ1n) is 8.81. The van der Waals surface area contributed by atoms with Crippen molar-refractivity contribution in [3.8, 4) is 11.5 Å². The quantitative estimate of drug-likeness (QED) is 0.534. The summed E-state index contributed by atoms with van der Waals surface area (Å²) in [5, 5.41) is 9.47. The second-order valence-electron chi connectivity index (χ2n) is 7.06. The zero-order chi connectivity index (χ0) is 18.6. The average molecular weight is 377 g/mol. The highest BCUT2D eigenvalue weighted by molar-refractivity contribution is 6.18. The Morgan fingerprint density at radius 3 is 2.00 bits per heavy atom. The first-order chi connectivity index (χ1) is 12.5. The summed E-state index contributed by atoms with van der Waals surface area (Å²) in [6.45, 7) is 5.99. The molecule has 0 unspecified atom stereocenters. The van der Waals surface area contributed by atoms with Crippen molar-refractivity contribution in [1.29, 1.82) is 0 Å². The topological polar surface area (TPSA) is 51.2 Å². The predicted octanol–water partition coefficient (Wildman–Crippen LogP) is 3.77. The van der Waals surface area contributed by atoms with Crippen LogP contribution in [-0.4, -0.2) is 43.0 Å². The molecule has 26 heavy (non-hydrogen) atoms. The molecular formula is C21H25ClO4. The van der Waals surface area contributed by atoms with Crippen molar-refractivity contribution in [3.05, 3.63) is 59.7 Å². The molecule has 140 valence electrons. The normalized spacial score (nSPS) is 17.6. The van der Waals surface area contributed by atoms with Crippen molar-refractivity contribution in [2.24, 2.45) is 0 Å². The van der Waals surface area contributed by atoms with Crippen molar-refractivity contribution < 1.29 is 19.3 Å². The molecule has 1 aliphatic rings. The van der Waals surface area contributed by atoms with Gasteiger partial charge in [0, 0.05) is 5.41 Å². The summed E-state index contributed by atoms with van der Waals surface area (Å²) in [7, 11) is 0. The van der Waals surface area contributed by atoms with Gasteiger partial charge in [-0.05, 0) is 35.4 Å². The van der Waals surface area contributed by atoms with Gasteiger partial charge in [0.05, 0.1) is 12.5 Å². The highest BCUT2D eigenvalue weighted by atomic mass is 35.5. The van der Waals surface area contributed by atoms with Gasteiger partial charge in [-0.15, -0.1) is 11.6 Å². The Bertz CT molecular complexity index is 693. The molecule has 2 aromatic rings. The molecule has 1 N–H and O–H groups in total. The fourth-order valence-corrected chi connectivity index (χ4v) is 2.78. The summed E-state index contributed by atoms with van der Waals surface area (Å²) in [6.07, 6.45) is -0.391. The molecule has 1 aliphatic heterocycles. The van der Waals surface area contributed by atoms with Crippen molar-refractivity contribution in [2.45, 2.75) is 31.5 Å². The molecule has 1 saturated heterocycles. The average Bonchev–Trinajstić information content (AvgIpc) is 3.49. The smallest absolute Gasteiger partial charge is 0.119 e. The fourth-order valence-electron chi connectivity index (χ4n) is 2.69. The number of benzene rings is 2. The molecule has 2 aromatic carbocycles. The molecule has 5 heteroatoms. The molecule has 1 fully saturated rings. The summed E-state index contributed by atoms with van der Waals surface area (Å²) in [4.78, 5) is 0. The van der Waals surface area contributed by atoms with Crippen LogP contribution in [0.15, 0.2) is 48.5 Å². The third kappa shape index (κ3) is 4.91. The lowest BCUT2D eigenvalue weighted by Crippen LogP contribution is -2.20. The molecule has 0 saturated carbocycles. The van der Waals surface area contributed by atoms with Gasteiger partial charge in [0.1, 0.15) is 36.9 Å². The molecule has 0 bridgehead atoms. The first-order valence-corrected chi connectivity index (χ1v) is 9.35. The van der Waals surface area contributed by atoms with Crippen LogP contribution in [0.2, 0.25) is 0 Å². The second kappa shape index (κ2) is 8.30. The zero-order valence-corrected chi connectivity index (χ0v) is 15.9.